The second kappa shape index (κ2) is 7.47. The molecule has 23 heavy (non-hydrogen) atoms. The molecule has 1 N–H and O–H groups in total. The minimum Gasteiger partial charge on any atom is -0.353 e. The van der Waals surface area contributed by atoms with Crippen LogP contribution in [0.4, 0.5) is 0 Å². The van der Waals surface area contributed by atoms with Crippen molar-refractivity contribution < 1.29 is 4.79 Å². The van der Waals surface area contributed by atoms with Crippen LogP contribution < -0.4 is 5.32 Å². The van der Waals surface area contributed by atoms with E-state index in [1.165, 1.54) is 11.8 Å². The Morgan fingerprint density at radius 1 is 1.39 bits per heavy atom. The zero-order valence-corrected chi connectivity index (χ0v) is 14.8. The summed E-state index contributed by atoms with van der Waals surface area (Å²) in [5, 5.41) is 13.9. The summed E-state index contributed by atoms with van der Waals surface area (Å²) >= 11 is 1.32. The van der Waals surface area contributed by atoms with Gasteiger partial charge in [-0.15, -0.1) is 0 Å². The molecule has 1 atom stereocenters. The van der Waals surface area contributed by atoms with E-state index in [0.717, 1.165) is 28.5 Å². The Morgan fingerprint density at radius 2 is 2.09 bits per heavy atom. The Bertz CT molecular complexity index is 780. The second-order valence-electron chi connectivity index (χ2n) is 5.71. The Morgan fingerprint density at radius 3 is 2.74 bits per heavy atom. The van der Waals surface area contributed by atoms with E-state index in [0.29, 0.717) is 10.6 Å². The molecule has 1 amide bonds. The van der Waals surface area contributed by atoms with Crippen LogP contribution in [0.15, 0.2) is 23.2 Å². The van der Waals surface area contributed by atoms with E-state index in [9.17, 15) is 10.1 Å². The molecule has 2 aromatic rings. The maximum absolute atomic E-state index is 11.9. The monoisotopic (exact) mass is 327 g/mol. The van der Waals surface area contributed by atoms with Crippen molar-refractivity contribution in [3.63, 3.8) is 0 Å². The van der Waals surface area contributed by atoms with Crippen LogP contribution in [0, 0.1) is 25.2 Å². The fraction of sp³-hybridized carbons (Fsp3) is 0.389. The Labute approximate surface area is 141 Å². The number of nitriles is 1. The van der Waals surface area contributed by atoms with Crippen LogP contribution in [0.3, 0.4) is 0 Å². The van der Waals surface area contributed by atoms with Crippen LogP contribution in [0.2, 0.25) is 0 Å². The van der Waals surface area contributed by atoms with Gasteiger partial charge in [-0.1, -0.05) is 30.8 Å². The van der Waals surface area contributed by atoms with E-state index in [-0.39, 0.29) is 17.7 Å². The molecule has 0 saturated heterocycles. The third-order valence-electron chi connectivity index (χ3n) is 3.85. The zero-order valence-electron chi connectivity index (χ0n) is 13.9. The topological polar surface area (TPSA) is 65.8 Å². The van der Waals surface area contributed by atoms with Crippen molar-refractivity contribution in [1.29, 1.82) is 5.26 Å². The van der Waals surface area contributed by atoms with Crippen LogP contribution in [-0.2, 0) is 4.79 Å². The van der Waals surface area contributed by atoms with Crippen molar-refractivity contribution in [3.8, 4) is 6.07 Å². The summed E-state index contributed by atoms with van der Waals surface area (Å²) in [5.74, 6) is 0.235. The van der Waals surface area contributed by atoms with Gasteiger partial charge in [-0.2, -0.15) is 5.26 Å². The summed E-state index contributed by atoms with van der Waals surface area (Å²) in [6.45, 7) is 8.02. The van der Waals surface area contributed by atoms with Crippen LogP contribution >= 0.6 is 11.8 Å². The summed E-state index contributed by atoms with van der Waals surface area (Å²) in [6.07, 6.45) is 0.895. The summed E-state index contributed by atoms with van der Waals surface area (Å²) in [7, 11) is 0. The lowest BCUT2D eigenvalue weighted by molar-refractivity contribution is -0.119. The first-order valence-corrected chi connectivity index (χ1v) is 8.68. The van der Waals surface area contributed by atoms with Crippen LogP contribution in [0.25, 0.3) is 10.9 Å². The standard InChI is InChI=1S/C18H21N3OS/c1-5-13(4)20-16(22)10-23-18-14(9-19)8-15-11(2)6-7-12(3)17(15)21-18/h6-8,13H,5,10H2,1-4H3,(H,20,22). The number of pyridine rings is 1. The highest BCUT2D eigenvalue weighted by molar-refractivity contribution is 8.00. The van der Waals surface area contributed by atoms with Gasteiger partial charge in [0.05, 0.1) is 16.8 Å². The van der Waals surface area contributed by atoms with Crippen LogP contribution in [0.1, 0.15) is 37.0 Å². The first kappa shape index (κ1) is 17.3. The SMILES string of the molecule is CCC(C)NC(=O)CSc1nc2c(C)ccc(C)c2cc1C#N. The van der Waals surface area contributed by atoms with Gasteiger partial charge < -0.3 is 5.32 Å². The van der Waals surface area contributed by atoms with Crippen LogP contribution in [-0.4, -0.2) is 22.7 Å². The summed E-state index contributed by atoms with van der Waals surface area (Å²) < 4.78 is 0. The van der Waals surface area contributed by atoms with Gasteiger partial charge in [-0.25, -0.2) is 4.98 Å². The number of carbonyl (C=O) groups excluding carboxylic acids is 1. The number of aryl methyl sites for hydroxylation is 2. The molecule has 0 aliphatic rings. The van der Waals surface area contributed by atoms with E-state index >= 15 is 0 Å². The van der Waals surface area contributed by atoms with Crippen molar-refractivity contribution in [1.82, 2.24) is 10.3 Å². The van der Waals surface area contributed by atoms with Gasteiger partial charge in [0.25, 0.3) is 0 Å². The third-order valence-corrected chi connectivity index (χ3v) is 4.84. The maximum Gasteiger partial charge on any atom is 0.230 e. The largest absolute Gasteiger partial charge is 0.353 e. The smallest absolute Gasteiger partial charge is 0.230 e. The van der Waals surface area contributed by atoms with E-state index in [1.54, 1.807) is 0 Å². The van der Waals surface area contributed by atoms with E-state index in [4.69, 9.17) is 0 Å². The van der Waals surface area contributed by atoms with Gasteiger partial charge in [0.15, 0.2) is 0 Å². The molecule has 4 nitrogen and oxygen atoms in total. The molecular weight excluding hydrogens is 306 g/mol. The highest BCUT2D eigenvalue weighted by Gasteiger charge is 2.13. The van der Waals surface area contributed by atoms with Crippen molar-refractivity contribution in [2.24, 2.45) is 0 Å². The van der Waals surface area contributed by atoms with Gasteiger partial charge in [-0.05, 0) is 44.4 Å². The second-order valence-corrected chi connectivity index (χ2v) is 6.68. The number of benzene rings is 1. The quantitative estimate of drug-likeness (QED) is 0.850. The van der Waals surface area contributed by atoms with Crippen molar-refractivity contribution in [2.45, 2.75) is 45.2 Å². The minimum atomic E-state index is -0.0314. The molecule has 1 unspecified atom stereocenters. The maximum atomic E-state index is 11.9. The summed E-state index contributed by atoms with van der Waals surface area (Å²) in [5.41, 5.74) is 3.59. The first-order chi connectivity index (χ1) is 11.0. The van der Waals surface area contributed by atoms with Gasteiger partial charge >= 0.3 is 0 Å². The molecular formula is C18H21N3OS. The summed E-state index contributed by atoms with van der Waals surface area (Å²) in [4.78, 5) is 16.6. The van der Waals surface area contributed by atoms with E-state index in [1.807, 2.05) is 45.9 Å². The van der Waals surface area contributed by atoms with Crippen molar-refractivity contribution >= 4 is 28.6 Å². The van der Waals surface area contributed by atoms with Crippen molar-refractivity contribution in [3.05, 3.63) is 34.9 Å². The fourth-order valence-corrected chi connectivity index (χ4v) is 3.03. The molecule has 0 bridgehead atoms. The number of hydrogen-bond donors (Lipinski definition) is 1. The van der Waals surface area contributed by atoms with Gasteiger partial charge in [0, 0.05) is 11.4 Å². The molecule has 0 saturated carbocycles. The molecule has 1 aromatic carbocycles. The molecule has 0 radical (unpaired) electrons. The number of hydrogen-bond acceptors (Lipinski definition) is 4. The van der Waals surface area contributed by atoms with Crippen LogP contribution in [0.5, 0.6) is 0 Å². The molecule has 0 aliphatic carbocycles. The number of amides is 1. The first-order valence-electron chi connectivity index (χ1n) is 7.69. The zero-order chi connectivity index (χ0) is 17.0. The number of aromatic nitrogens is 1. The Hall–Kier alpha value is -2.06. The molecule has 2 rings (SSSR count). The number of thioether (sulfide) groups is 1. The lowest BCUT2D eigenvalue weighted by atomic mass is 10.0. The fourth-order valence-electron chi connectivity index (χ4n) is 2.26. The number of nitrogens with zero attached hydrogens (tertiary/aromatic N) is 2. The highest BCUT2D eigenvalue weighted by atomic mass is 32.2. The van der Waals surface area contributed by atoms with Crippen molar-refractivity contribution in [2.75, 3.05) is 5.75 Å². The average Bonchev–Trinajstić information content (AvgIpc) is 2.55. The molecule has 5 heteroatoms. The predicted octanol–water partition coefficient (Wildman–Crippen LogP) is 3.73. The van der Waals surface area contributed by atoms with E-state index in [2.05, 4.69) is 16.4 Å². The van der Waals surface area contributed by atoms with E-state index < -0.39 is 0 Å². The number of fused-ring (bicyclic) bond motifs is 1. The lowest BCUT2D eigenvalue weighted by Gasteiger charge is -2.12. The highest BCUT2D eigenvalue weighted by Crippen LogP contribution is 2.28. The Balaban J connectivity index is 2.28. The molecule has 1 aromatic heterocycles. The van der Waals surface area contributed by atoms with Gasteiger partial charge in [-0.3, -0.25) is 4.79 Å². The minimum absolute atomic E-state index is 0.0314. The Kier molecular flexibility index (Phi) is 5.62. The molecule has 1 heterocycles. The third kappa shape index (κ3) is 4.02. The normalized spacial score (nSPS) is 12.0. The average molecular weight is 327 g/mol. The van der Waals surface area contributed by atoms with Gasteiger partial charge in [0.2, 0.25) is 5.91 Å². The molecule has 0 fully saturated rings. The molecule has 0 aliphatic heterocycles. The number of carbonyl (C=O) groups is 1. The molecule has 0 spiro atoms. The lowest BCUT2D eigenvalue weighted by Crippen LogP contribution is -2.33. The van der Waals surface area contributed by atoms with Gasteiger partial charge in [0.1, 0.15) is 11.1 Å². The number of rotatable bonds is 5. The summed E-state index contributed by atoms with van der Waals surface area (Å²) in [6, 6.07) is 8.29. The predicted molar refractivity (Wildman–Crippen MR) is 94.6 cm³/mol. The molecule has 120 valence electrons. The number of nitrogens with one attached hydrogen (secondary N) is 1.